The first-order chi connectivity index (χ1) is 20.0. The number of para-hydroxylation sites is 1. The topological polar surface area (TPSA) is 82.8 Å². The van der Waals surface area contributed by atoms with Gasteiger partial charge in [0.25, 0.3) is 5.56 Å². The summed E-state index contributed by atoms with van der Waals surface area (Å²) in [6, 6.07) is 27.7. The Morgan fingerprint density at radius 2 is 1.41 bits per heavy atom. The van der Waals surface area contributed by atoms with E-state index in [9.17, 15) is 14.4 Å². The first kappa shape index (κ1) is 28.5. The Labute approximate surface area is 239 Å². The number of ether oxygens (including phenoxy) is 2. The van der Waals surface area contributed by atoms with E-state index in [1.807, 2.05) is 36.4 Å². The van der Waals surface area contributed by atoms with Crippen LogP contribution in [-0.2, 0) is 27.4 Å². The molecule has 1 saturated heterocycles. The van der Waals surface area contributed by atoms with Crippen LogP contribution in [0.1, 0.15) is 42.9 Å². The third-order valence-corrected chi connectivity index (χ3v) is 7.82. The van der Waals surface area contributed by atoms with Crippen molar-refractivity contribution in [3.63, 3.8) is 0 Å². The van der Waals surface area contributed by atoms with Gasteiger partial charge in [-0.1, -0.05) is 72.8 Å². The first-order valence-electron chi connectivity index (χ1n) is 14.3. The van der Waals surface area contributed by atoms with Crippen molar-refractivity contribution in [1.29, 1.82) is 0 Å². The van der Waals surface area contributed by atoms with Crippen LogP contribution in [0.4, 0.5) is 0 Å². The highest BCUT2D eigenvalue weighted by Crippen LogP contribution is 2.30. The van der Waals surface area contributed by atoms with E-state index in [2.05, 4.69) is 29.2 Å². The molecule has 1 aliphatic heterocycles. The van der Waals surface area contributed by atoms with Gasteiger partial charge >= 0.3 is 11.7 Å². The number of esters is 1. The van der Waals surface area contributed by atoms with Gasteiger partial charge in [0, 0.05) is 26.2 Å². The Hall–Kier alpha value is -4.01. The second kappa shape index (κ2) is 13.6. The molecule has 0 spiro atoms. The van der Waals surface area contributed by atoms with Crippen molar-refractivity contribution in [2.24, 2.45) is 0 Å². The zero-order valence-electron chi connectivity index (χ0n) is 23.5. The summed E-state index contributed by atoms with van der Waals surface area (Å²) in [5.41, 5.74) is 2.16. The molecule has 3 aromatic carbocycles. The highest BCUT2D eigenvalue weighted by molar-refractivity contribution is 5.78. The maximum Gasteiger partial charge on any atom is 0.331 e. The minimum atomic E-state index is -0.398. The number of fused-ring (bicyclic) bond motifs is 1. The second-order valence-electron chi connectivity index (χ2n) is 10.5. The van der Waals surface area contributed by atoms with Crippen LogP contribution in [0, 0.1) is 0 Å². The SMILES string of the molecule is COC(=O)CCn1c(=O)n(CCCN2CCC(OC(c3ccccc3)c3ccccc3)CC2)c(=O)c2ccccc21. The molecule has 0 atom stereocenters. The number of methoxy groups -OCH3 is 1. The number of hydrogen-bond donors (Lipinski definition) is 0. The van der Waals surface area contributed by atoms with Crippen molar-refractivity contribution in [3.05, 3.63) is 117 Å². The fourth-order valence-corrected chi connectivity index (χ4v) is 5.61. The zero-order chi connectivity index (χ0) is 28.6. The molecule has 1 aromatic heterocycles. The van der Waals surface area contributed by atoms with E-state index in [0.29, 0.717) is 23.9 Å². The maximum absolute atomic E-state index is 13.3. The Kier molecular flexibility index (Phi) is 9.44. The van der Waals surface area contributed by atoms with E-state index in [1.165, 1.54) is 16.2 Å². The molecule has 0 bridgehead atoms. The Balaban J connectivity index is 1.20. The fraction of sp³-hybridized carbons (Fsp3) is 0.364. The van der Waals surface area contributed by atoms with Gasteiger partial charge in [0.1, 0.15) is 6.10 Å². The van der Waals surface area contributed by atoms with Crippen LogP contribution in [0.15, 0.2) is 94.5 Å². The number of carbonyl (C=O) groups is 1. The summed E-state index contributed by atoms with van der Waals surface area (Å²) in [5, 5.41) is 0.473. The average molecular weight is 556 g/mol. The molecule has 8 heteroatoms. The minimum Gasteiger partial charge on any atom is -0.469 e. The third-order valence-electron chi connectivity index (χ3n) is 7.82. The van der Waals surface area contributed by atoms with Gasteiger partial charge in [0.05, 0.1) is 30.5 Å². The maximum atomic E-state index is 13.3. The molecule has 2 heterocycles. The Bertz CT molecular complexity index is 1520. The number of aryl methyl sites for hydroxylation is 1. The van der Waals surface area contributed by atoms with Crippen LogP contribution in [0.2, 0.25) is 0 Å². The lowest BCUT2D eigenvalue weighted by atomic mass is 10.00. The highest BCUT2D eigenvalue weighted by Gasteiger charge is 2.25. The number of carbonyl (C=O) groups excluding carboxylic acids is 1. The summed E-state index contributed by atoms with van der Waals surface area (Å²) in [6.45, 7) is 3.07. The summed E-state index contributed by atoms with van der Waals surface area (Å²) in [7, 11) is 1.32. The summed E-state index contributed by atoms with van der Waals surface area (Å²) in [4.78, 5) is 40.6. The fourth-order valence-electron chi connectivity index (χ4n) is 5.61. The standard InChI is InChI=1S/C33H37N3O5/c1-40-30(37)19-24-35-29-16-9-8-15-28(29)32(38)36(33(35)39)21-10-20-34-22-17-27(18-23-34)41-31(25-11-4-2-5-12-25)26-13-6-3-7-14-26/h2-9,11-16,27,31H,10,17-24H2,1H3. The lowest BCUT2D eigenvalue weighted by molar-refractivity contribution is -0.140. The summed E-state index contributed by atoms with van der Waals surface area (Å²) >= 11 is 0. The average Bonchev–Trinajstić information content (AvgIpc) is 3.02. The molecule has 8 nitrogen and oxygen atoms in total. The van der Waals surface area contributed by atoms with E-state index < -0.39 is 11.7 Å². The monoisotopic (exact) mass is 555 g/mol. The van der Waals surface area contributed by atoms with Crippen LogP contribution >= 0.6 is 0 Å². The number of nitrogens with zero attached hydrogens (tertiary/aromatic N) is 3. The van der Waals surface area contributed by atoms with Crippen LogP contribution in [-0.4, -0.2) is 52.9 Å². The lowest BCUT2D eigenvalue weighted by Gasteiger charge is -2.34. The summed E-state index contributed by atoms with van der Waals surface area (Å²) < 4.78 is 14.2. The Morgan fingerprint density at radius 1 is 0.805 bits per heavy atom. The molecule has 5 rings (SSSR count). The molecule has 214 valence electrons. The molecule has 0 saturated carbocycles. The lowest BCUT2D eigenvalue weighted by Crippen LogP contribution is -2.42. The van der Waals surface area contributed by atoms with Gasteiger partial charge < -0.3 is 14.4 Å². The second-order valence-corrected chi connectivity index (χ2v) is 10.5. The van der Waals surface area contributed by atoms with Crippen molar-refractivity contribution in [2.75, 3.05) is 26.7 Å². The van der Waals surface area contributed by atoms with Gasteiger partial charge in [-0.3, -0.25) is 18.7 Å². The summed E-state index contributed by atoms with van der Waals surface area (Å²) in [6.07, 6.45) is 2.63. The molecular formula is C33H37N3O5. The van der Waals surface area contributed by atoms with Gasteiger partial charge in [-0.05, 0) is 49.1 Å². The normalized spacial score (nSPS) is 14.5. The van der Waals surface area contributed by atoms with Crippen molar-refractivity contribution >= 4 is 16.9 Å². The predicted molar refractivity (Wildman–Crippen MR) is 159 cm³/mol. The summed E-state index contributed by atoms with van der Waals surface area (Å²) in [5.74, 6) is -0.398. The highest BCUT2D eigenvalue weighted by atomic mass is 16.5. The van der Waals surface area contributed by atoms with E-state index in [0.717, 1.165) is 43.6 Å². The van der Waals surface area contributed by atoms with Crippen molar-refractivity contribution in [3.8, 4) is 0 Å². The number of likely N-dealkylation sites (tertiary alicyclic amines) is 1. The van der Waals surface area contributed by atoms with Crippen LogP contribution < -0.4 is 11.2 Å². The van der Waals surface area contributed by atoms with Gasteiger partial charge in [-0.2, -0.15) is 0 Å². The van der Waals surface area contributed by atoms with Crippen molar-refractivity contribution in [1.82, 2.24) is 14.0 Å². The molecule has 0 N–H and O–H groups in total. The number of hydrogen-bond acceptors (Lipinski definition) is 6. The van der Waals surface area contributed by atoms with Crippen molar-refractivity contribution in [2.45, 2.75) is 51.0 Å². The molecule has 0 radical (unpaired) electrons. The van der Waals surface area contributed by atoms with Crippen LogP contribution in [0.25, 0.3) is 10.9 Å². The molecule has 1 aliphatic rings. The quantitative estimate of drug-likeness (QED) is 0.256. The molecule has 0 aliphatic carbocycles. The van der Waals surface area contributed by atoms with Crippen LogP contribution in [0.5, 0.6) is 0 Å². The largest absolute Gasteiger partial charge is 0.469 e. The smallest absolute Gasteiger partial charge is 0.331 e. The molecule has 1 fully saturated rings. The van der Waals surface area contributed by atoms with Crippen molar-refractivity contribution < 1.29 is 14.3 Å². The molecular weight excluding hydrogens is 518 g/mol. The number of rotatable bonds is 11. The van der Waals surface area contributed by atoms with Gasteiger partial charge in [0.15, 0.2) is 0 Å². The number of benzene rings is 3. The van der Waals surface area contributed by atoms with Gasteiger partial charge in [-0.15, -0.1) is 0 Å². The van der Waals surface area contributed by atoms with E-state index >= 15 is 0 Å². The predicted octanol–water partition coefficient (Wildman–Crippen LogP) is 4.39. The molecule has 0 amide bonds. The molecule has 4 aromatic rings. The first-order valence-corrected chi connectivity index (χ1v) is 14.3. The van der Waals surface area contributed by atoms with Crippen LogP contribution in [0.3, 0.4) is 0 Å². The number of aromatic nitrogens is 2. The minimum absolute atomic E-state index is 0.0605. The van der Waals surface area contributed by atoms with E-state index in [1.54, 1.807) is 24.3 Å². The van der Waals surface area contributed by atoms with E-state index in [-0.39, 0.29) is 30.7 Å². The van der Waals surface area contributed by atoms with Gasteiger partial charge in [-0.25, -0.2) is 4.79 Å². The zero-order valence-corrected chi connectivity index (χ0v) is 23.5. The van der Waals surface area contributed by atoms with Gasteiger partial charge in [0.2, 0.25) is 0 Å². The molecule has 0 unspecified atom stereocenters. The molecule has 41 heavy (non-hydrogen) atoms. The Morgan fingerprint density at radius 3 is 2.05 bits per heavy atom. The third kappa shape index (κ3) is 6.84. The van der Waals surface area contributed by atoms with E-state index in [4.69, 9.17) is 9.47 Å². The number of piperidine rings is 1.